The van der Waals surface area contributed by atoms with E-state index in [4.69, 9.17) is 5.41 Å². The van der Waals surface area contributed by atoms with E-state index < -0.39 is 0 Å². The van der Waals surface area contributed by atoms with Crippen molar-refractivity contribution >= 4 is 62.8 Å². The van der Waals surface area contributed by atoms with Crippen LogP contribution < -0.4 is 10.2 Å². The van der Waals surface area contributed by atoms with Gasteiger partial charge in [0, 0.05) is 21.9 Å². The molecule has 3 aromatic rings. The minimum Gasteiger partial charge on any atom is -0.326 e. The third kappa shape index (κ3) is 2.57. The molecule has 0 unspecified atom stereocenters. The SMILES string of the molecule is CN(C(=N)Nc1cccc(I)c1)c1ccc2cccc3c2c1C=C3. The Morgan fingerprint density at radius 3 is 2.71 bits per heavy atom. The van der Waals surface area contributed by atoms with Crippen LogP contribution in [-0.4, -0.2) is 13.0 Å². The lowest BCUT2D eigenvalue weighted by atomic mass is 10.0. The van der Waals surface area contributed by atoms with Crippen LogP contribution in [0.3, 0.4) is 0 Å². The summed E-state index contributed by atoms with van der Waals surface area (Å²) in [5.74, 6) is 0.352. The molecule has 0 aliphatic heterocycles. The molecule has 1 aliphatic carbocycles. The topological polar surface area (TPSA) is 39.1 Å². The number of hydrogen-bond acceptors (Lipinski definition) is 1. The number of benzene rings is 3. The average Bonchev–Trinajstić information content (AvgIpc) is 3.01. The van der Waals surface area contributed by atoms with Crippen LogP contribution in [0.1, 0.15) is 11.1 Å². The Labute approximate surface area is 154 Å². The molecule has 24 heavy (non-hydrogen) atoms. The van der Waals surface area contributed by atoms with Gasteiger partial charge in [-0.2, -0.15) is 0 Å². The minimum absolute atomic E-state index is 0.352. The number of hydrogen-bond donors (Lipinski definition) is 2. The van der Waals surface area contributed by atoms with Crippen LogP contribution in [0.25, 0.3) is 22.9 Å². The lowest BCUT2D eigenvalue weighted by Gasteiger charge is -2.23. The molecule has 3 aromatic carbocycles. The highest BCUT2D eigenvalue weighted by atomic mass is 127. The largest absolute Gasteiger partial charge is 0.326 e. The summed E-state index contributed by atoms with van der Waals surface area (Å²) in [4.78, 5) is 1.89. The highest BCUT2D eigenvalue weighted by Gasteiger charge is 2.17. The number of anilines is 2. The monoisotopic (exact) mass is 425 g/mol. The quantitative estimate of drug-likeness (QED) is 0.256. The first-order chi connectivity index (χ1) is 11.6. The molecule has 0 bridgehead atoms. The molecule has 4 heteroatoms. The van der Waals surface area contributed by atoms with E-state index in [2.05, 4.69) is 70.4 Å². The Morgan fingerprint density at radius 1 is 1.04 bits per heavy atom. The van der Waals surface area contributed by atoms with Crippen molar-refractivity contribution in [1.82, 2.24) is 0 Å². The Bertz CT molecular complexity index is 991. The summed E-state index contributed by atoms with van der Waals surface area (Å²) >= 11 is 2.28. The van der Waals surface area contributed by atoms with E-state index in [1.807, 2.05) is 36.2 Å². The van der Waals surface area contributed by atoms with E-state index in [0.717, 1.165) is 14.9 Å². The summed E-state index contributed by atoms with van der Waals surface area (Å²) in [7, 11) is 1.93. The van der Waals surface area contributed by atoms with Gasteiger partial charge in [-0.1, -0.05) is 42.5 Å². The number of nitrogens with zero attached hydrogens (tertiary/aromatic N) is 1. The van der Waals surface area contributed by atoms with Crippen molar-refractivity contribution in [2.75, 3.05) is 17.3 Å². The molecule has 0 fully saturated rings. The zero-order valence-corrected chi connectivity index (χ0v) is 15.3. The Balaban J connectivity index is 1.68. The first kappa shape index (κ1) is 15.2. The maximum atomic E-state index is 8.43. The molecule has 0 aromatic heterocycles. The van der Waals surface area contributed by atoms with E-state index in [9.17, 15) is 0 Å². The van der Waals surface area contributed by atoms with Gasteiger partial charge in [0.25, 0.3) is 0 Å². The Hall–Kier alpha value is -2.34. The van der Waals surface area contributed by atoms with Gasteiger partial charge < -0.3 is 10.2 Å². The fourth-order valence-electron chi connectivity index (χ4n) is 3.11. The normalized spacial score (nSPS) is 11.8. The summed E-state index contributed by atoms with van der Waals surface area (Å²) in [6.07, 6.45) is 4.29. The van der Waals surface area contributed by atoms with E-state index in [0.29, 0.717) is 5.96 Å². The van der Waals surface area contributed by atoms with Crippen LogP contribution >= 0.6 is 22.6 Å². The van der Waals surface area contributed by atoms with Gasteiger partial charge in [-0.3, -0.25) is 5.41 Å². The molecule has 4 rings (SSSR count). The smallest absolute Gasteiger partial charge is 0.199 e. The number of nitrogens with one attached hydrogen (secondary N) is 2. The molecule has 3 nitrogen and oxygen atoms in total. The molecule has 0 spiro atoms. The maximum absolute atomic E-state index is 8.43. The zero-order valence-electron chi connectivity index (χ0n) is 13.2. The van der Waals surface area contributed by atoms with Crippen molar-refractivity contribution in [3.63, 3.8) is 0 Å². The molecular weight excluding hydrogens is 409 g/mol. The second-order valence-electron chi connectivity index (χ2n) is 5.82. The van der Waals surface area contributed by atoms with Crippen LogP contribution in [0, 0.1) is 8.98 Å². The van der Waals surface area contributed by atoms with Gasteiger partial charge in [-0.15, -0.1) is 0 Å². The third-order valence-corrected chi connectivity index (χ3v) is 4.98. The van der Waals surface area contributed by atoms with Gasteiger partial charge in [0.15, 0.2) is 5.96 Å². The molecule has 1 aliphatic rings. The molecule has 2 N–H and O–H groups in total. The molecule has 0 saturated heterocycles. The number of halogens is 1. The van der Waals surface area contributed by atoms with E-state index in [1.54, 1.807) is 0 Å². The van der Waals surface area contributed by atoms with Crippen LogP contribution in [0.2, 0.25) is 0 Å². The molecule has 0 atom stereocenters. The molecular formula is C20H16IN3. The van der Waals surface area contributed by atoms with E-state index in [1.165, 1.54) is 21.9 Å². The lowest BCUT2D eigenvalue weighted by Crippen LogP contribution is -2.32. The predicted octanol–water partition coefficient (Wildman–Crippen LogP) is 5.41. The van der Waals surface area contributed by atoms with Crippen molar-refractivity contribution in [3.05, 3.63) is 69.3 Å². The van der Waals surface area contributed by atoms with Gasteiger partial charge in [-0.25, -0.2) is 0 Å². The highest BCUT2D eigenvalue weighted by Crippen LogP contribution is 2.37. The molecule has 118 valence electrons. The van der Waals surface area contributed by atoms with Crippen molar-refractivity contribution in [2.45, 2.75) is 0 Å². The van der Waals surface area contributed by atoms with Crippen LogP contribution in [0.5, 0.6) is 0 Å². The Kier molecular flexibility index (Phi) is 3.76. The molecule has 0 saturated carbocycles. The summed E-state index contributed by atoms with van der Waals surface area (Å²) in [6, 6.07) is 18.6. The van der Waals surface area contributed by atoms with Gasteiger partial charge in [0.1, 0.15) is 0 Å². The van der Waals surface area contributed by atoms with Gasteiger partial charge in [0.05, 0.1) is 5.69 Å². The second-order valence-corrected chi connectivity index (χ2v) is 7.07. The standard InChI is InChI=1S/C20H16IN3/c1-24(20(22)23-16-7-3-6-15(21)12-16)18-11-9-14-5-2-4-13-8-10-17(18)19(13)14/h2-12H,1H3,(H2,22,23). The van der Waals surface area contributed by atoms with Gasteiger partial charge in [0.2, 0.25) is 0 Å². The maximum Gasteiger partial charge on any atom is 0.199 e. The fourth-order valence-corrected chi connectivity index (χ4v) is 3.65. The first-order valence-electron chi connectivity index (χ1n) is 7.72. The molecule has 0 radical (unpaired) electrons. The van der Waals surface area contributed by atoms with Crippen LogP contribution in [-0.2, 0) is 0 Å². The molecule has 0 heterocycles. The van der Waals surface area contributed by atoms with E-state index >= 15 is 0 Å². The van der Waals surface area contributed by atoms with Crippen molar-refractivity contribution in [2.24, 2.45) is 0 Å². The first-order valence-corrected chi connectivity index (χ1v) is 8.80. The molecule has 0 amide bonds. The summed E-state index contributed by atoms with van der Waals surface area (Å²) in [6.45, 7) is 0. The summed E-state index contributed by atoms with van der Waals surface area (Å²) in [5, 5.41) is 14.1. The Morgan fingerprint density at radius 2 is 1.88 bits per heavy atom. The van der Waals surface area contributed by atoms with Crippen LogP contribution in [0.15, 0.2) is 54.6 Å². The van der Waals surface area contributed by atoms with Crippen LogP contribution in [0.4, 0.5) is 11.4 Å². The zero-order chi connectivity index (χ0) is 16.7. The van der Waals surface area contributed by atoms with Crippen molar-refractivity contribution in [1.29, 1.82) is 5.41 Å². The summed E-state index contributed by atoms with van der Waals surface area (Å²) in [5.41, 5.74) is 4.38. The van der Waals surface area contributed by atoms with Crippen molar-refractivity contribution < 1.29 is 0 Å². The van der Waals surface area contributed by atoms with Crippen molar-refractivity contribution in [3.8, 4) is 0 Å². The van der Waals surface area contributed by atoms with Gasteiger partial charge in [-0.05, 0) is 63.2 Å². The lowest BCUT2D eigenvalue weighted by molar-refractivity contribution is 1.21. The minimum atomic E-state index is 0.352. The van der Waals surface area contributed by atoms with Gasteiger partial charge >= 0.3 is 0 Å². The summed E-state index contributed by atoms with van der Waals surface area (Å²) < 4.78 is 1.14. The second kappa shape index (κ2) is 5.94. The average molecular weight is 425 g/mol. The number of guanidine groups is 1. The predicted molar refractivity (Wildman–Crippen MR) is 112 cm³/mol. The highest BCUT2D eigenvalue weighted by molar-refractivity contribution is 14.1. The number of rotatable bonds is 2. The fraction of sp³-hybridized carbons (Fsp3) is 0.0500. The van der Waals surface area contributed by atoms with E-state index in [-0.39, 0.29) is 0 Å². The third-order valence-electron chi connectivity index (χ3n) is 4.31.